The Morgan fingerprint density at radius 3 is 3.12 bits per heavy atom. The van der Waals surface area contributed by atoms with E-state index in [0.717, 1.165) is 48.6 Å². The van der Waals surface area contributed by atoms with E-state index in [1.54, 1.807) is 12.5 Å². The second kappa shape index (κ2) is 7.51. The van der Waals surface area contributed by atoms with Gasteiger partial charge in [0.25, 0.3) is 0 Å². The number of hydrogen-bond donors (Lipinski definition) is 2. The second-order valence-corrected chi connectivity index (χ2v) is 6.70. The highest BCUT2D eigenvalue weighted by atomic mass is 16.1. The number of anilines is 2. The molecule has 4 heterocycles. The van der Waals surface area contributed by atoms with E-state index in [-0.39, 0.29) is 5.78 Å². The molecule has 26 heavy (non-hydrogen) atoms. The van der Waals surface area contributed by atoms with Gasteiger partial charge in [0.2, 0.25) is 0 Å². The Labute approximate surface area is 151 Å². The van der Waals surface area contributed by atoms with Gasteiger partial charge < -0.3 is 15.2 Å². The van der Waals surface area contributed by atoms with Gasteiger partial charge in [-0.2, -0.15) is 0 Å². The molecular weight excluding hydrogens is 328 g/mol. The fourth-order valence-corrected chi connectivity index (χ4v) is 3.59. The molecule has 0 aliphatic carbocycles. The van der Waals surface area contributed by atoms with E-state index < -0.39 is 0 Å². The minimum Gasteiger partial charge on any atom is -0.363 e. The number of Topliss-reactive ketones (excluding diaryl/α,β-unsaturated/α-hetero) is 1. The second-order valence-electron chi connectivity index (χ2n) is 6.70. The fourth-order valence-electron chi connectivity index (χ4n) is 3.59. The van der Waals surface area contributed by atoms with E-state index in [2.05, 4.69) is 30.2 Å². The number of nitrogens with zero attached hydrogens (tertiary/aromatic N) is 4. The first kappa shape index (κ1) is 16.5. The Hall–Kier alpha value is -2.96. The summed E-state index contributed by atoms with van der Waals surface area (Å²) in [5.41, 5.74) is 0.854. The van der Waals surface area contributed by atoms with Crippen LogP contribution in [-0.4, -0.2) is 45.4 Å². The van der Waals surface area contributed by atoms with Crippen LogP contribution in [0, 0.1) is 5.92 Å². The molecule has 1 unspecified atom stereocenters. The topological polar surface area (TPSA) is 86.8 Å². The predicted molar refractivity (Wildman–Crippen MR) is 101 cm³/mol. The van der Waals surface area contributed by atoms with Crippen molar-refractivity contribution in [2.45, 2.75) is 19.3 Å². The first-order chi connectivity index (χ1) is 12.8. The molecule has 1 aliphatic rings. The summed E-state index contributed by atoms with van der Waals surface area (Å²) >= 11 is 0. The van der Waals surface area contributed by atoms with Crippen LogP contribution in [0.3, 0.4) is 0 Å². The molecule has 7 nitrogen and oxygen atoms in total. The van der Waals surface area contributed by atoms with Crippen LogP contribution in [0.1, 0.15) is 19.3 Å². The van der Waals surface area contributed by atoms with Gasteiger partial charge in [-0.1, -0.05) is 6.07 Å². The van der Waals surface area contributed by atoms with Crippen LogP contribution in [0.15, 0.2) is 43.0 Å². The molecule has 1 fully saturated rings. The molecule has 3 aromatic heterocycles. The van der Waals surface area contributed by atoms with Gasteiger partial charge in [-0.3, -0.25) is 4.79 Å². The van der Waals surface area contributed by atoms with E-state index in [1.165, 1.54) is 0 Å². The van der Waals surface area contributed by atoms with Crippen LogP contribution in [0.2, 0.25) is 0 Å². The van der Waals surface area contributed by atoms with Crippen LogP contribution in [-0.2, 0) is 4.79 Å². The summed E-state index contributed by atoms with van der Waals surface area (Å²) < 4.78 is 0. The van der Waals surface area contributed by atoms with Gasteiger partial charge in [-0.15, -0.1) is 0 Å². The molecular formula is C19H22N6O. The fraction of sp³-hybridized carbons (Fsp3) is 0.368. The number of carbonyl (C=O) groups excluding carboxylic acids is 1. The van der Waals surface area contributed by atoms with Crippen molar-refractivity contribution in [1.29, 1.82) is 0 Å². The van der Waals surface area contributed by atoms with Crippen molar-refractivity contribution in [2.75, 3.05) is 29.9 Å². The standard InChI is InChI=1S/C19H22N6O/c26-15(11-22-17-5-1-2-7-20-17)10-14-4-3-9-25(12-14)19-16-6-8-21-18(16)23-13-24-19/h1-2,5-8,13-14H,3-4,9-12H2,(H,20,22)(H,21,23,24). The van der Waals surface area contributed by atoms with Gasteiger partial charge in [-0.25, -0.2) is 15.0 Å². The van der Waals surface area contributed by atoms with Crippen molar-refractivity contribution in [3.8, 4) is 0 Å². The third kappa shape index (κ3) is 3.66. The van der Waals surface area contributed by atoms with Crippen LogP contribution in [0.25, 0.3) is 11.0 Å². The maximum Gasteiger partial charge on any atom is 0.152 e. The number of aromatic amines is 1. The summed E-state index contributed by atoms with van der Waals surface area (Å²) in [6, 6.07) is 7.64. The molecule has 1 aliphatic heterocycles. The Balaban J connectivity index is 1.36. The van der Waals surface area contributed by atoms with Crippen molar-refractivity contribution in [1.82, 2.24) is 19.9 Å². The van der Waals surface area contributed by atoms with E-state index in [9.17, 15) is 4.79 Å². The normalized spacial score (nSPS) is 17.4. The van der Waals surface area contributed by atoms with Gasteiger partial charge in [0, 0.05) is 31.9 Å². The Morgan fingerprint density at radius 1 is 1.27 bits per heavy atom. The largest absolute Gasteiger partial charge is 0.363 e. The lowest BCUT2D eigenvalue weighted by Crippen LogP contribution is -2.37. The molecule has 0 aromatic carbocycles. The van der Waals surface area contributed by atoms with Crippen LogP contribution in [0.5, 0.6) is 0 Å². The number of carbonyl (C=O) groups is 1. The molecule has 4 rings (SSSR count). The number of ketones is 1. The summed E-state index contributed by atoms with van der Waals surface area (Å²) in [6.07, 6.45) is 7.93. The molecule has 0 amide bonds. The van der Waals surface area contributed by atoms with Crippen LogP contribution < -0.4 is 10.2 Å². The van der Waals surface area contributed by atoms with Crippen LogP contribution >= 0.6 is 0 Å². The maximum atomic E-state index is 12.4. The summed E-state index contributed by atoms with van der Waals surface area (Å²) in [6.45, 7) is 2.14. The van der Waals surface area contributed by atoms with Crippen molar-refractivity contribution in [2.24, 2.45) is 5.92 Å². The summed E-state index contributed by atoms with van der Waals surface area (Å²) in [7, 11) is 0. The molecule has 1 atom stereocenters. The average molecular weight is 350 g/mol. The highest BCUT2D eigenvalue weighted by Gasteiger charge is 2.24. The van der Waals surface area contributed by atoms with Crippen LogP contribution in [0.4, 0.5) is 11.6 Å². The predicted octanol–water partition coefficient (Wildman–Crippen LogP) is 2.64. The third-order valence-corrected chi connectivity index (χ3v) is 4.80. The molecule has 2 N–H and O–H groups in total. The molecule has 0 radical (unpaired) electrons. The Morgan fingerprint density at radius 2 is 2.23 bits per heavy atom. The van der Waals surface area contributed by atoms with Crippen molar-refractivity contribution in [3.05, 3.63) is 43.0 Å². The summed E-state index contributed by atoms with van der Waals surface area (Å²) in [5, 5.41) is 4.14. The minimum absolute atomic E-state index is 0.219. The van der Waals surface area contributed by atoms with E-state index in [4.69, 9.17) is 0 Å². The first-order valence-corrected chi connectivity index (χ1v) is 8.99. The van der Waals surface area contributed by atoms with Crippen molar-refractivity contribution < 1.29 is 4.79 Å². The highest BCUT2D eigenvalue weighted by molar-refractivity contribution is 5.87. The summed E-state index contributed by atoms with van der Waals surface area (Å²) in [5.74, 6) is 2.27. The number of nitrogens with one attached hydrogen (secondary N) is 2. The monoisotopic (exact) mass is 350 g/mol. The highest BCUT2D eigenvalue weighted by Crippen LogP contribution is 2.28. The quantitative estimate of drug-likeness (QED) is 0.711. The van der Waals surface area contributed by atoms with Gasteiger partial charge >= 0.3 is 0 Å². The third-order valence-electron chi connectivity index (χ3n) is 4.80. The van der Waals surface area contributed by atoms with Gasteiger partial charge in [0.15, 0.2) is 5.78 Å². The Kier molecular flexibility index (Phi) is 4.77. The molecule has 0 spiro atoms. The zero-order chi connectivity index (χ0) is 17.8. The number of H-pyrrole nitrogens is 1. The molecule has 1 saturated heterocycles. The van der Waals surface area contributed by atoms with E-state index in [0.29, 0.717) is 18.9 Å². The number of pyridine rings is 1. The van der Waals surface area contributed by atoms with Gasteiger partial charge in [-0.05, 0) is 37.0 Å². The molecule has 0 bridgehead atoms. The maximum absolute atomic E-state index is 12.4. The lowest BCUT2D eigenvalue weighted by Gasteiger charge is -2.33. The molecule has 3 aromatic rings. The number of rotatable bonds is 6. The average Bonchev–Trinajstić information content (AvgIpc) is 3.16. The zero-order valence-corrected chi connectivity index (χ0v) is 14.6. The van der Waals surface area contributed by atoms with E-state index in [1.807, 2.05) is 30.5 Å². The lowest BCUT2D eigenvalue weighted by molar-refractivity contribution is -0.118. The molecule has 134 valence electrons. The van der Waals surface area contributed by atoms with Crippen molar-refractivity contribution >= 4 is 28.5 Å². The number of fused-ring (bicyclic) bond motifs is 1. The SMILES string of the molecule is O=C(CNc1ccccn1)CC1CCCN(c2ncnc3[nH]ccc23)C1. The molecule has 0 saturated carbocycles. The smallest absolute Gasteiger partial charge is 0.152 e. The zero-order valence-electron chi connectivity index (χ0n) is 14.6. The number of piperidine rings is 1. The van der Waals surface area contributed by atoms with Gasteiger partial charge in [0.05, 0.1) is 11.9 Å². The lowest BCUT2D eigenvalue weighted by atomic mass is 9.92. The van der Waals surface area contributed by atoms with Crippen molar-refractivity contribution in [3.63, 3.8) is 0 Å². The number of hydrogen-bond acceptors (Lipinski definition) is 6. The first-order valence-electron chi connectivity index (χ1n) is 8.99. The van der Waals surface area contributed by atoms with E-state index >= 15 is 0 Å². The van der Waals surface area contributed by atoms with Gasteiger partial charge in [0.1, 0.15) is 23.6 Å². The summed E-state index contributed by atoms with van der Waals surface area (Å²) in [4.78, 5) is 30.7. The minimum atomic E-state index is 0.219. The molecule has 7 heteroatoms. The Bertz CT molecular complexity index is 878. The number of aromatic nitrogens is 4.